The summed E-state index contributed by atoms with van der Waals surface area (Å²) in [5, 5.41) is 17.4. The van der Waals surface area contributed by atoms with Gasteiger partial charge in [0.25, 0.3) is 5.91 Å². The molecule has 0 spiro atoms. The van der Waals surface area contributed by atoms with E-state index in [-0.39, 0.29) is 18.3 Å². The van der Waals surface area contributed by atoms with E-state index >= 15 is 0 Å². The van der Waals surface area contributed by atoms with Crippen LogP contribution in [0, 0.1) is 17.1 Å². The second kappa shape index (κ2) is 9.58. The van der Waals surface area contributed by atoms with Crippen molar-refractivity contribution in [3.63, 3.8) is 0 Å². The van der Waals surface area contributed by atoms with Gasteiger partial charge in [-0.15, -0.1) is 0 Å². The van der Waals surface area contributed by atoms with Gasteiger partial charge in [-0.25, -0.2) is 9.82 Å². The minimum absolute atomic E-state index is 0.00960. The highest BCUT2D eigenvalue weighted by molar-refractivity contribution is 5.99. The van der Waals surface area contributed by atoms with E-state index in [1.807, 2.05) is 48.7 Å². The molecule has 1 aromatic heterocycles. The predicted molar refractivity (Wildman–Crippen MR) is 123 cm³/mol. The highest BCUT2D eigenvalue weighted by atomic mass is 19.1. The number of hydrazone groups is 1. The third-order valence-electron chi connectivity index (χ3n) is 4.99. The van der Waals surface area contributed by atoms with E-state index < -0.39 is 0 Å². The Balaban J connectivity index is 1.46. The first-order valence-electron chi connectivity index (χ1n) is 10.0. The molecule has 158 valence electrons. The van der Waals surface area contributed by atoms with Crippen LogP contribution >= 0.6 is 0 Å². The standard InChI is InChI=1S/C25H20FN5O/c26-21-9-11-22(12-10-21)28-15-25(32)30-29-14-20-17-31(24-8-4-3-7-23(20)24)16-19-6-2-1-5-18(19)13-27/h1-12,14,17,28H,15-16H2,(H,30,32)/b29-14-. The second-order valence-electron chi connectivity index (χ2n) is 7.15. The summed E-state index contributed by atoms with van der Waals surface area (Å²) in [6.07, 6.45) is 3.55. The first-order chi connectivity index (χ1) is 15.6. The molecule has 0 fully saturated rings. The number of anilines is 1. The van der Waals surface area contributed by atoms with Gasteiger partial charge >= 0.3 is 0 Å². The van der Waals surface area contributed by atoms with Gasteiger partial charge in [0, 0.05) is 34.9 Å². The van der Waals surface area contributed by atoms with Gasteiger partial charge in [-0.3, -0.25) is 4.79 Å². The molecule has 3 aromatic carbocycles. The fraction of sp³-hybridized carbons (Fsp3) is 0.0800. The summed E-state index contributed by atoms with van der Waals surface area (Å²) in [5.41, 5.74) is 6.57. The van der Waals surface area contributed by atoms with Gasteiger partial charge < -0.3 is 9.88 Å². The summed E-state index contributed by atoms with van der Waals surface area (Å²) in [7, 11) is 0. The van der Waals surface area contributed by atoms with Crippen LogP contribution in [0.15, 0.2) is 84.1 Å². The van der Waals surface area contributed by atoms with Crippen LogP contribution in [0.2, 0.25) is 0 Å². The predicted octanol–water partition coefficient (Wildman–Crippen LogP) is 4.26. The van der Waals surface area contributed by atoms with E-state index in [1.54, 1.807) is 24.4 Å². The molecular weight excluding hydrogens is 405 g/mol. The maximum absolute atomic E-state index is 12.9. The molecule has 0 radical (unpaired) electrons. The Morgan fingerprint density at radius 1 is 1.06 bits per heavy atom. The Morgan fingerprint density at radius 3 is 2.62 bits per heavy atom. The first kappa shape index (κ1) is 20.8. The molecular formula is C25H20FN5O. The van der Waals surface area contributed by atoms with Crippen LogP contribution in [-0.4, -0.2) is 23.2 Å². The van der Waals surface area contributed by atoms with Crippen molar-refractivity contribution in [2.75, 3.05) is 11.9 Å². The van der Waals surface area contributed by atoms with Gasteiger partial charge in [-0.2, -0.15) is 10.4 Å². The molecule has 0 aliphatic rings. The zero-order valence-corrected chi connectivity index (χ0v) is 17.1. The number of benzene rings is 3. The van der Waals surface area contributed by atoms with Crippen LogP contribution in [0.4, 0.5) is 10.1 Å². The number of nitrogens with one attached hydrogen (secondary N) is 2. The zero-order chi connectivity index (χ0) is 22.3. The summed E-state index contributed by atoms with van der Waals surface area (Å²) in [4.78, 5) is 12.1. The molecule has 32 heavy (non-hydrogen) atoms. The molecule has 0 aliphatic heterocycles. The van der Waals surface area contributed by atoms with Crippen molar-refractivity contribution in [2.45, 2.75) is 6.54 Å². The number of hydrogen-bond donors (Lipinski definition) is 2. The number of amides is 1. The number of aromatic nitrogens is 1. The lowest BCUT2D eigenvalue weighted by molar-refractivity contribution is -0.119. The number of para-hydroxylation sites is 1. The number of hydrogen-bond acceptors (Lipinski definition) is 4. The van der Waals surface area contributed by atoms with E-state index in [2.05, 4.69) is 26.5 Å². The van der Waals surface area contributed by atoms with Crippen LogP contribution in [0.25, 0.3) is 10.9 Å². The summed E-state index contributed by atoms with van der Waals surface area (Å²) >= 11 is 0. The Labute approximate surface area is 184 Å². The van der Waals surface area contributed by atoms with E-state index in [9.17, 15) is 14.4 Å². The third-order valence-corrected chi connectivity index (χ3v) is 4.99. The SMILES string of the molecule is N#Cc1ccccc1Cn1cc(/C=N\NC(=O)CNc2ccc(F)cc2)c2ccccc21. The minimum Gasteiger partial charge on any atom is -0.376 e. The molecule has 0 aliphatic carbocycles. The monoisotopic (exact) mass is 425 g/mol. The fourth-order valence-electron chi connectivity index (χ4n) is 3.42. The molecule has 0 bridgehead atoms. The van der Waals surface area contributed by atoms with Gasteiger partial charge in [0.05, 0.1) is 24.4 Å². The number of halogens is 1. The normalized spacial score (nSPS) is 10.9. The molecule has 0 unspecified atom stereocenters. The quantitative estimate of drug-likeness (QED) is 0.343. The van der Waals surface area contributed by atoms with Crippen LogP contribution in [0.3, 0.4) is 0 Å². The first-order valence-corrected chi connectivity index (χ1v) is 10.0. The zero-order valence-electron chi connectivity index (χ0n) is 17.1. The molecule has 2 N–H and O–H groups in total. The van der Waals surface area contributed by atoms with Crippen LogP contribution in [0.1, 0.15) is 16.7 Å². The highest BCUT2D eigenvalue weighted by Gasteiger charge is 2.09. The second-order valence-corrected chi connectivity index (χ2v) is 7.15. The molecule has 0 atom stereocenters. The number of carbonyl (C=O) groups is 1. The number of nitrogens with zero attached hydrogens (tertiary/aromatic N) is 3. The number of carbonyl (C=O) groups excluding carboxylic acids is 1. The Hall–Kier alpha value is -4.44. The molecule has 4 rings (SSSR count). The number of nitriles is 1. The Kier molecular flexibility index (Phi) is 6.23. The molecule has 0 saturated heterocycles. The van der Waals surface area contributed by atoms with Crippen LogP contribution < -0.4 is 10.7 Å². The lowest BCUT2D eigenvalue weighted by Crippen LogP contribution is -2.25. The van der Waals surface area contributed by atoms with Crippen molar-refractivity contribution in [1.29, 1.82) is 5.26 Å². The summed E-state index contributed by atoms with van der Waals surface area (Å²) in [6, 6.07) is 23.4. The third kappa shape index (κ3) is 4.82. The maximum atomic E-state index is 12.9. The van der Waals surface area contributed by atoms with Crippen LogP contribution in [-0.2, 0) is 11.3 Å². The fourth-order valence-corrected chi connectivity index (χ4v) is 3.42. The Bertz CT molecular complexity index is 1320. The molecule has 1 amide bonds. The van der Waals surface area contributed by atoms with Gasteiger partial charge in [0.15, 0.2) is 0 Å². The van der Waals surface area contributed by atoms with Gasteiger partial charge in [0.1, 0.15) is 5.82 Å². The van der Waals surface area contributed by atoms with Crippen molar-refractivity contribution in [2.24, 2.45) is 5.10 Å². The Morgan fingerprint density at radius 2 is 1.81 bits per heavy atom. The molecule has 4 aromatic rings. The van der Waals surface area contributed by atoms with E-state index in [0.717, 1.165) is 22.0 Å². The molecule has 7 heteroatoms. The lowest BCUT2D eigenvalue weighted by atomic mass is 10.1. The number of fused-ring (bicyclic) bond motifs is 1. The summed E-state index contributed by atoms with van der Waals surface area (Å²) in [5.74, 6) is -0.655. The summed E-state index contributed by atoms with van der Waals surface area (Å²) in [6.45, 7) is 0.557. The molecule has 6 nitrogen and oxygen atoms in total. The van der Waals surface area contributed by atoms with Crippen LogP contribution in [0.5, 0.6) is 0 Å². The van der Waals surface area contributed by atoms with E-state index in [0.29, 0.717) is 17.8 Å². The lowest BCUT2D eigenvalue weighted by Gasteiger charge is -2.07. The maximum Gasteiger partial charge on any atom is 0.259 e. The molecule has 1 heterocycles. The van der Waals surface area contributed by atoms with Crippen molar-refractivity contribution in [1.82, 2.24) is 9.99 Å². The van der Waals surface area contributed by atoms with Crippen molar-refractivity contribution in [3.8, 4) is 6.07 Å². The average Bonchev–Trinajstić information content (AvgIpc) is 3.16. The van der Waals surface area contributed by atoms with E-state index in [4.69, 9.17) is 0 Å². The smallest absolute Gasteiger partial charge is 0.259 e. The van der Waals surface area contributed by atoms with Gasteiger partial charge in [-0.1, -0.05) is 36.4 Å². The van der Waals surface area contributed by atoms with Gasteiger partial charge in [-0.05, 0) is 42.0 Å². The molecule has 0 saturated carbocycles. The highest BCUT2D eigenvalue weighted by Crippen LogP contribution is 2.22. The minimum atomic E-state index is -0.333. The van der Waals surface area contributed by atoms with E-state index in [1.165, 1.54) is 12.1 Å². The van der Waals surface area contributed by atoms with Crippen molar-refractivity contribution >= 4 is 28.7 Å². The summed E-state index contributed by atoms with van der Waals surface area (Å²) < 4.78 is 15.0. The number of rotatable bonds is 7. The van der Waals surface area contributed by atoms with Crippen molar-refractivity contribution < 1.29 is 9.18 Å². The average molecular weight is 425 g/mol. The van der Waals surface area contributed by atoms with Gasteiger partial charge in [0.2, 0.25) is 0 Å². The topological polar surface area (TPSA) is 82.2 Å². The van der Waals surface area contributed by atoms with Crippen molar-refractivity contribution in [3.05, 3.63) is 102 Å². The largest absolute Gasteiger partial charge is 0.376 e.